The number of nitrogens with zero attached hydrogens (tertiary/aromatic N) is 1. The van der Waals surface area contributed by atoms with E-state index in [4.69, 9.17) is 11.6 Å². The summed E-state index contributed by atoms with van der Waals surface area (Å²) in [6, 6.07) is 24.8. The average Bonchev–Trinajstić information content (AvgIpc) is 2.84. The van der Waals surface area contributed by atoms with Crippen LogP contribution in [0.25, 0.3) is 0 Å². The summed E-state index contributed by atoms with van der Waals surface area (Å²) in [7, 11) is 0. The third-order valence-electron chi connectivity index (χ3n) is 5.71. The first-order valence-electron chi connectivity index (χ1n) is 11.8. The van der Waals surface area contributed by atoms with E-state index >= 15 is 0 Å². The third-order valence-corrected chi connectivity index (χ3v) is 6.93. The van der Waals surface area contributed by atoms with Gasteiger partial charge in [-0.3, -0.25) is 9.59 Å². The van der Waals surface area contributed by atoms with Crippen LogP contribution in [0.4, 0.5) is 0 Å². The Kier molecular flexibility index (Phi) is 10.2. The van der Waals surface area contributed by atoms with Crippen LogP contribution in [0.2, 0.25) is 5.02 Å². The van der Waals surface area contributed by atoms with Crippen molar-refractivity contribution in [1.29, 1.82) is 0 Å². The molecule has 0 saturated heterocycles. The molecule has 4 nitrogen and oxygen atoms in total. The van der Waals surface area contributed by atoms with Crippen molar-refractivity contribution in [2.45, 2.75) is 51.6 Å². The van der Waals surface area contributed by atoms with Crippen LogP contribution in [-0.4, -0.2) is 34.6 Å². The van der Waals surface area contributed by atoms with E-state index in [-0.39, 0.29) is 17.9 Å². The largest absolute Gasteiger partial charge is 0.352 e. The minimum atomic E-state index is -0.623. The normalized spacial score (nSPS) is 11.8. The highest BCUT2D eigenvalue weighted by Gasteiger charge is 2.30. The second-order valence-corrected chi connectivity index (χ2v) is 10.4. The Morgan fingerprint density at radius 3 is 2.23 bits per heavy atom. The van der Waals surface area contributed by atoms with Gasteiger partial charge < -0.3 is 10.2 Å². The fourth-order valence-corrected chi connectivity index (χ4v) is 4.94. The van der Waals surface area contributed by atoms with Crippen molar-refractivity contribution in [3.05, 3.63) is 106 Å². The molecule has 1 unspecified atom stereocenters. The smallest absolute Gasteiger partial charge is 0.243 e. The van der Waals surface area contributed by atoms with E-state index in [2.05, 4.69) is 24.4 Å². The lowest BCUT2D eigenvalue weighted by Crippen LogP contribution is -2.52. The topological polar surface area (TPSA) is 49.4 Å². The highest BCUT2D eigenvalue weighted by molar-refractivity contribution is 7.99. The van der Waals surface area contributed by atoms with Crippen LogP contribution < -0.4 is 5.32 Å². The minimum absolute atomic E-state index is 0.0244. The predicted molar refractivity (Wildman–Crippen MR) is 147 cm³/mol. The van der Waals surface area contributed by atoms with E-state index in [9.17, 15) is 9.59 Å². The second-order valence-electron chi connectivity index (χ2n) is 8.94. The van der Waals surface area contributed by atoms with Gasteiger partial charge in [-0.2, -0.15) is 0 Å². The van der Waals surface area contributed by atoms with Crippen molar-refractivity contribution in [1.82, 2.24) is 10.2 Å². The number of rotatable bonds is 11. The molecule has 3 rings (SSSR count). The van der Waals surface area contributed by atoms with E-state index < -0.39 is 6.04 Å². The number of hydrogen-bond acceptors (Lipinski definition) is 3. The number of nitrogens with one attached hydrogen (secondary N) is 1. The summed E-state index contributed by atoms with van der Waals surface area (Å²) in [6.45, 7) is 6.28. The summed E-state index contributed by atoms with van der Waals surface area (Å²) in [5.41, 5.74) is 4.37. The van der Waals surface area contributed by atoms with Crippen molar-refractivity contribution in [3.63, 3.8) is 0 Å². The molecule has 0 aliphatic rings. The number of halogens is 1. The monoisotopic (exact) mass is 508 g/mol. The summed E-state index contributed by atoms with van der Waals surface area (Å²) in [5.74, 6) is 0.838. The zero-order valence-electron chi connectivity index (χ0n) is 20.5. The van der Waals surface area contributed by atoms with Gasteiger partial charge in [-0.15, -0.1) is 11.8 Å². The Bertz CT molecular complexity index is 1100. The fraction of sp³-hybridized carbons (Fsp3) is 0.310. The molecule has 0 aliphatic heterocycles. The molecule has 1 N–H and O–H groups in total. The summed E-state index contributed by atoms with van der Waals surface area (Å²) in [4.78, 5) is 28.7. The Balaban J connectivity index is 1.84. The zero-order chi connectivity index (χ0) is 25.2. The summed E-state index contributed by atoms with van der Waals surface area (Å²) >= 11 is 7.66. The summed E-state index contributed by atoms with van der Waals surface area (Å²) in [6.07, 6.45) is 0.446. The van der Waals surface area contributed by atoms with Gasteiger partial charge in [-0.05, 0) is 55.2 Å². The lowest BCUT2D eigenvalue weighted by molar-refractivity contribution is -0.139. The highest BCUT2D eigenvalue weighted by Crippen LogP contribution is 2.20. The first kappa shape index (κ1) is 26.8. The molecule has 184 valence electrons. The molecular weight excluding hydrogens is 476 g/mol. The number of benzene rings is 3. The predicted octanol–water partition coefficient (Wildman–Crippen LogP) is 6.05. The Hall–Kier alpha value is -2.76. The van der Waals surface area contributed by atoms with Crippen LogP contribution in [0.15, 0.2) is 78.9 Å². The molecule has 0 fully saturated rings. The summed E-state index contributed by atoms with van der Waals surface area (Å²) < 4.78 is 0. The van der Waals surface area contributed by atoms with Crippen molar-refractivity contribution in [2.24, 2.45) is 0 Å². The molecule has 0 heterocycles. The van der Waals surface area contributed by atoms with Gasteiger partial charge in [0, 0.05) is 29.8 Å². The average molecular weight is 509 g/mol. The minimum Gasteiger partial charge on any atom is -0.352 e. The molecule has 3 aromatic rings. The van der Waals surface area contributed by atoms with Crippen LogP contribution in [-0.2, 0) is 28.3 Å². The number of amides is 2. The van der Waals surface area contributed by atoms with Crippen molar-refractivity contribution < 1.29 is 9.59 Å². The maximum Gasteiger partial charge on any atom is 0.243 e. The van der Waals surface area contributed by atoms with Crippen LogP contribution in [0, 0.1) is 6.92 Å². The van der Waals surface area contributed by atoms with Gasteiger partial charge in [0.15, 0.2) is 0 Å². The standard InChI is InChI=1S/C29H33ClN2O2S/c1-21(2)31-29(34)27(17-23-10-5-4-6-11-23)32(18-24-13-15-26(30)16-14-24)28(33)20-35-19-25-12-8-7-9-22(25)3/h4-16,21,27H,17-20H2,1-3H3,(H,31,34). The van der Waals surface area contributed by atoms with Crippen LogP contribution in [0.3, 0.4) is 0 Å². The first-order valence-corrected chi connectivity index (χ1v) is 13.4. The van der Waals surface area contributed by atoms with Gasteiger partial charge in [-0.1, -0.05) is 78.3 Å². The van der Waals surface area contributed by atoms with Gasteiger partial charge in [0.25, 0.3) is 0 Å². The van der Waals surface area contributed by atoms with Crippen molar-refractivity contribution >= 4 is 35.2 Å². The third kappa shape index (κ3) is 8.44. The fourth-order valence-electron chi connectivity index (χ4n) is 3.82. The van der Waals surface area contributed by atoms with Gasteiger partial charge in [0.05, 0.1) is 5.75 Å². The van der Waals surface area contributed by atoms with Gasteiger partial charge in [0.1, 0.15) is 6.04 Å². The Morgan fingerprint density at radius 1 is 0.914 bits per heavy atom. The molecule has 0 bridgehead atoms. The molecule has 3 aromatic carbocycles. The Morgan fingerprint density at radius 2 is 1.57 bits per heavy atom. The lowest BCUT2D eigenvalue weighted by Gasteiger charge is -2.32. The molecule has 2 amide bonds. The molecule has 0 radical (unpaired) electrons. The molecule has 0 aliphatic carbocycles. The number of hydrogen-bond donors (Lipinski definition) is 1. The maximum atomic E-state index is 13.6. The first-order chi connectivity index (χ1) is 16.8. The van der Waals surface area contributed by atoms with Crippen LogP contribution >= 0.6 is 23.4 Å². The molecule has 6 heteroatoms. The van der Waals surface area contributed by atoms with Crippen molar-refractivity contribution in [3.8, 4) is 0 Å². The van der Waals surface area contributed by atoms with Crippen LogP contribution in [0.1, 0.15) is 36.1 Å². The Labute approximate surface area is 218 Å². The van der Waals surface area contributed by atoms with Gasteiger partial charge >= 0.3 is 0 Å². The quantitative estimate of drug-likeness (QED) is 0.343. The molecular formula is C29H33ClN2O2S. The maximum absolute atomic E-state index is 13.6. The molecule has 0 aromatic heterocycles. The van der Waals surface area contributed by atoms with Crippen molar-refractivity contribution in [2.75, 3.05) is 5.75 Å². The molecule has 35 heavy (non-hydrogen) atoms. The lowest BCUT2D eigenvalue weighted by atomic mass is 10.0. The number of carbonyl (C=O) groups excluding carboxylic acids is 2. The van der Waals surface area contributed by atoms with Gasteiger partial charge in [-0.25, -0.2) is 0 Å². The number of aryl methyl sites for hydroxylation is 1. The van der Waals surface area contributed by atoms with E-state index in [1.165, 1.54) is 11.1 Å². The van der Waals surface area contributed by atoms with E-state index in [0.717, 1.165) is 16.9 Å². The van der Waals surface area contributed by atoms with Gasteiger partial charge in [0.2, 0.25) is 11.8 Å². The zero-order valence-corrected chi connectivity index (χ0v) is 22.1. The van der Waals surface area contributed by atoms with E-state index in [1.807, 2.05) is 80.6 Å². The second kappa shape index (κ2) is 13.4. The highest BCUT2D eigenvalue weighted by atomic mass is 35.5. The SMILES string of the molecule is Cc1ccccc1CSCC(=O)N(Cc1ccc(Cl)cc1)C(Cc1ccccc1)C(=O)NC(C)C. The van der Waals surface area contributed by atoms with E-state index in [0.29, 0.717) is 23.7 Å². The van der Waals surface area contributed by atoms with Crippen LogP contribution in [0.5, 0.6) is 0 Å². The summed E-state index contributed by atoms with van der Waals surface area (Å²) in [5, 5.41) is 3.66. The molecule has 0 saturated carbocycles. The number of thioether (sulfide) groups is 1. The molecule has 1 atom stereocenters. The number of carbonyl (C=O) groups is 2. The van der Waals surface area contributed by atoms with E-state index in [1.54, 1.807) is 16.7 Å². The molecule has 0 spiro atoms.